The van der Waals surface area contributed by atoms with E-state index in [0.717, 1.165) is 15.7 Å². The monoisotopic (exact) mass is 416 g/mol. The second-order valence-electron chi connectivity index (χ2n) is 7.30. The summed E-state index contributed by atoms with van der Waals surface area (Å²) in [5.74, 6) is -2.36. The van der Waals surface area contributed by atoms with E-state index >= 15 is 0 Å². The lowest BCUT2D eigenvalue weighted by Gasteiger charge is -2.26. The molecule has 1 N–H and O–H groups in total. The summed E-state index contributed by atoms with van der Waals surface area (Å²) < 4.78 is 5.16. The Bertz CT molecular complexity index is 1200. The van der Waals surface area contributed by atoms with Crippen LogP contribution in [-0.4, -0.2) is 41.2 Å². The Morgan fingerprint density at radius 3 is 2.52 bits per heavy atom. The smallest absolute Gasteiger partial charge is 0.326 e. The van der Waals surface area contributed by atoms with Gasteiger partial charge in [-0.2, -0.15) is 0 Å². The average Bonchev–Trinajstić information content (AvgIpc) is 2.76. The number of anilines is 1. The number of benzene rings is 3. The highest BCUT2D eigenvalue weighted by atomic mass is 16.5. The van der Waals surface area contributed by atoms with E-state index in [1.807, 2.05) is 36.4 Å². The minimum Gasteiger partial charge on any atom is -0.451 e. The third kappa shape index (κ3) is 4.30. The molecule has 0 bridgehead atoms. The number of carbonyl (C=O) groups is 4. The van der Waals surface area contributed by atoms with Gasteiger partial charge in [-0.25, -0.2) is 0 Å². The lowest BCUT2D eigenvalue weighted by molar-refractivity contribution is -0.155. The fourth-order valence-corrected chi connectivity index (χ4v) is 3.49. The molecule has 1 heterocycles. The van der Waals surface area contributed by atoms with Gasteiger partial charge in [0.25, 0.3) is 11.8 Å². The van der Waals surface area contributed by atoms with Crippen molar-refractivity contribution in [1.29, 1.82) is 0 Å². The number of hydrogen-bond donors (Lipinski definition) is 1. The van der Waals surface area contributed by atoms with E-state index in [0.29, 0.717) is 16.8 Å². The van der Waals surface area contributed by atoms with Crippen molar-refractivity contribution in [2.45, 2.75) is 19.4 Å². The molecule has 156 valence electrons. The van der Waals surface area contributed by atoms with Crippen LogP contribution in [0.25, 0.3) is 10.8 Å². The van der Waals surface area contributed by atoms with E-state index < -0.39 is 36.3 Å². The van der Waals surface area contributed by atoms with Crippen LogP contribution in [0.1, 0.15) is 22.8 Å². The van der Waals surface area contributed by atoms with Gasteiger partial charge in [-0.3, -0.25) is 24.1 Å². The molecule has 0 unspecified atom stereocenters. The van der Waals surface area contributed by atoms with Crippen LogP contribution in [0, 0.1) is 0 Å². The van der Waals surface area contributed by atoms with Gasteiger partial charge in [-0.1, -0.05) is 48.5 Å². The molecule has 1 atom stereocenters. The van der Waals surface area contributed by atoms with Gasteiger partial charge in [0.2, 0.25) is 5.91 Å². The van der Waals surface area contributed by atoms with E-state index in [-0.39, 0.29) is 6.42 Å². The van der Waals surface area contributed by atoms with Crippen molar-refractivity contribution in [3.8, 4) is 0 Å². The third-order valence-corrected chi connectivity index (χ3v) is 5.12. The molecule has 31 heavy (non-hydrogen) atoms. The second-order valence-corrected chi connectivity index (χ2v) is 7.30. The lowest BCUT2D eigenvalue weighted by Crippen LogP contribution is -2.46. The molecule has 7 nitrogen and oxygen atoms in total. The molecule has 3 aromatic rings. The molecule has 0 fully saturated rings. The molecule has 0 saturated heterocycles. The van der Waals surface area contributed by atoms with Crippen LogP contribution >= 0.6 is 0 Å². The van der Waals surface area contributed by atoms with Crippen LogP contribution in [0.4, 0.5) is 5.69 Å². The van der Waals surface area contributed by atoms with E-state index in [2.05, 4.69) is 5.32 Å². The molecule has 0 radical (unpaired) electrons. The Kier molecular flexibility index (Phi) is 5.49. The fourth-order valence-electron chi connectivity index (χ4n) is 3.49. The minimum atomic E-state index is -1.10. The van der Waals surface area contributed by atoms with Crippen molar-refractivity contribution in [2.75, 3.05) is 11.9 Å². The highest BCUT2D eigenvalue weighted by Gasteiger charge is 2.33. The highest BCUT2D eigenvalue weighted by Crippen LogP contribution is 2.20. The van der Waals surface area contributed by atoms with Gasteiger partial charge in [0.1, 0.15) is 6.54 Å². The van der Waals surface area contributed by atoms with E-state index in [1.165, 1.54) is 6.92 Å². The van der Waals surface area contributed by atoms with Crippen molar-refractivity contribution >= 4 is 40.2 Å². The first-order valence-electron chi connectivity index (χ1n) is 9.84. The summed E-state index contributed by atoms with van der Waals surface area (Å²) in [4.78, 5) is 50.4. The number of fused-ring (bicyclic) bond motifs is 2. The van der Waals surface area contributed by atoms with E-state index in [9.17, 15) is 19.2 Å². The van der Waals surface area contributed by atoms with Gasteiger partial charge in [-0.15, -0.1) is 0 Å². The van der Waals surface area contributed by atoms with Crippen molar-refractivity contribution in [3.63, 3.8) is 0 Å². The molecule has 0 aliphatic carbocycles. The highest BCUT2D eigenvalue weighted by molar-refractivity contribution is 6.11. The molecule has 1 aliphatic heterocycles. The molecular formula is C24H20N2O5. The predicted molar refractivity (Wildman–Crippen MR) is 114 cm³/mol. The van der Waals surface area contributed by atoms with Crippen LogP contribution in [-0.2, 0) is 25.5 Å². The minimum absolute atomic E-state index is 0.0349. The Morgan fingerprint density at radius 2 is 1.71 bits per heavy atom. The maximum absolute atomic E-state index is 12.5. The van der Waals surface area contributed by atoms with Crippen LogP contribution < -0.4 is 5.32 Å². The molecule has 0 aromatic heterocycles. The Balaban J connectivity index is 1.37. The average molecular weight is 416 g/mol. The topological polar surface area (TPSA) is 92.8 Å². The van der Waals surface area contributed by atoms with Gasteiger partial charge in [0, 0.05) is 11.3 Å². The first-order valence-corrected chi connectivity index (χ1v) is 9.84. The van der Waals surface area contributed by atoms with Crippen molar-refractivity contribution in [3.05, 3.63) is 77.9 Å². The number of ether oxygens (including phenoxy) is 1. The maximum atomic E-state index is 12.5. The molecule has 4 rings (SSSR count). The SMILES string of the molecule is C[C@@H](OC(=O)CN1C(=O)Cc2ccccc2C1=O)C(=O)Nc1ccc2ccccc2c1. The zero-order valence-electron chi connectivity index (χ0n) is 16.8. The van der Waals surface area contributed by atoms with Crippen LogP contribution in [0.2, 0.25) is 0 Å². The number of amides is 3. The fraction of sp³-hybridized carbons (Fsp3) is 0.167. The van der Waals surface area contributed by atoms with Gasteiger partial charge in [0.05, 0.1) is 6.42 Å². The summed E-state index contributed by atoms with van der Waals surface area (Å²) in [5, 5.41) is 4.71. The normalized spacial score (nSPS) is 14.2. The number of imide groups is 1. The Labute approximate surface area is 178 Å². The number of nitrogens with zero attached hydrogens (tertiary/aromatic N) is 1. The molecular weight excluding hydrogens is 396 g/mol. The molecule has 7 heteroatoms. The molecule has 3 aromatic carbocycles. The van der Waals surface area contributed by atoms with Crippen LogP contribution in [0.3, 0.4) is 0 Å². The molecule has 1 aliphatic rings. The summed E-state index contributed by atoms with van der Waals surface area (Å²) in [6.45, 7) is 0.892. The van der Waals surface area contributed by atoms with Crippen molar-refractivity contribution < 1.29 is 23.9 Å². The van der Waals surface area contributed by atoms with Crippen LogP contribution in [0.5, 0.6) is 0 Å². The Morgan fingerprint density at radius 1 is 1.00 bits per heavy atom. The number of hydrogen-bond acceptors (Lipinski definition) is 5. The summed E-state index contributed by atoms with van der Waals surface area (Å²) in [6.07, 6.45) is -1.06. The summed E-state index contributed by atoms with van der Waals surface area (Å²) in [7, 11) is 0. The van der Waals surface area contributed by atoms with Crippen molar-refractivity contribution in [1.82, 2.24) is 4.90 Å². The van der Waals surface area contributed by atoms with Gasteiger partial charge in [-0.05, 0) is 41.5 Å². The third-order valence-electron chi connectivity index (χ3n) is 5.12. The lowest BCUT2D eigenvalue weighted by atomic mass is 9.98. The van der Waals surface area contributed by atoms with Crippen molar-refractivity contribution in [2.24, 2.45) is 0 Å². The number of rotatable bonds is 5. The predicted octanol–water partition coefficient (Wildman–Crippen LogP) is 2.94. The maximum Gasteiger partial charge on any atom is 0.326 e. The molecule has 0 spiro atoms. The van der Waals surface area contributed by atoms with Crippen LogP contribution in [0.15, 0.2) is 66.7 Å². The zero-order chi connectivity index (χ0) is 22.0. The standard InChI is InChI=1S/C24H20N2O5/c1-15(23(29)25-19-11-10-16-6-2-3-7-17(16)12-19)31-22(28)14-26-21(27)13-18-8-4-5-9-20(18)24(26)30/h2-12,15H,13-14H2,1H3,(H,25,29)/t15-/m1/s1. The number of nitrogens with one attached hydrogen (secondary N) is 1. The number of carbonyl (C=O) groups excluding carboxylic acids is 4. The Hall–Kier alpha value is -4.00. The van der Waals surface area contributed by atoms with E-state index in [1.54, 1.807) is 30.3 Å². The van der Waals surface area contributed by atoms with E-state index in [4.69, 9.17) is 4.74 Å². The summed E-state index contributed by atoms with van der Waals surface area (Å²) in [5.41, 5.74) is 1.59. The summed E-state index contributed by atoms with van der Waals surface area (Å²) >= 11 is 0. The quantitative estimate of drug-likeness (QED) is 0.510. The second kappa shape index (κ2) is 8.39. The summed E-state index contributed by atoms with van der Waals surface area (Å²) in [6, 6.07) is 20.0. The number of esters is 1. The molecule has 0 saturated carbocycles. The molecule has 3 amide bonds. The van der Waals surface area contributed by atoms with Gasteiger partial charge >= 0.3 is 5.97 Å². The van der Waals surface area contributed by atoms with Gasteiger partial charge < -0.3 is 10.1 Å². The van der Waals surface area contributed by atoms with Gasteiger partial charge in [0.15, 0.2) is 6.10 Å². The first-order chi connectivity index (χ1) is 14.9. The largest absolute Gasteiger partial charge is 0.451 e. The first kappa shape index (κ1) is 20.3. The zero-order valence-corrected chi connectivity index (χ0v) is 16.8.